The van der Waals surface area contributed by atoms with Crippen LogP contribution >= 0.6 is 11.6 Å². The van der Waals surface area contributed by atoms with Gasteiger partial charge in [-0.1, -0.05) is 60.7 Å². The van der Waals surface area contributed by atoms with Crippen LogP contribution in [0.25, 0.3) is 0 Å². The van der Waals surface area contributed by atoms with E-state index in [1.807, 2.05) is 13.0 Å². The van der Waals surface area contributed by atoms with Crippen molar-refractivity contribution in [1.29, 1.82) is 0 Å². The molecule has 0 aromatic heterocycles. The number of benzene rings is 3. The molecule has 0 spiro atoms. The summed E-state index contributed by atoms with van der Waals surface area (Å²) < 4.78 is 40.0. The zero-order valence-corrected chi connectivity index (χ0v) is 27.2. The van der Waals surface area contributed by atoms with E-state index in [9.17, 15) is 18.0 Å². The summed E-state index contributed by atoms with van der Waals surface area (Å²) in [7, 11) is -1.39. The second-order valence-electron chi connectivity index (χ2n) is 11.0. The van der Waals surface area contributed by atoms with Crippen molar-refractivity contribution < 1.29 is 27.5 Å². The van der Waals surface area contributed by atoms with E-state index in [2.05, 4.69) is 5.32 Å². The number of ether oxygens (including phenoxy) is 2. The molecule has 0 saturated heterocycles. The molecule has 0 unspecified atom stereocenters. The Hall–Kier alpha value is -3.76. The molecule has 236 valence electrons. The van der Waals surface area contributed by atoms with Gasteiger partial charge in [-0.25, -0.2) is 8.42 Å². The summed E-state index contributed by atoms with van der Waals surface area (Å²) in [5, 5.41) is 3.60. The van der Waals surface area contributed by atoms with Crippen molar-refractivity contribution in [2.24, 2.45) is 0 Å². The van der Waals surface area contributed by atoms with Crippen LogP contribution in [0.1, 0.15) is 50.2 Å². The summed E-state index contributed by atoms with van der Waals surface area (Å²) in [4.78, 5) is 29.0. The number of nitrogens with zero attached hydrogens (tertiary/aromatic N) is 2. The quantitative estimate of drug-likeness (QED) is 0.271. The highest BCUT2D eigenvalue weighted by Gasteiger charge is 2.33. The first kappa shape index (κ1) is 33.1. The molecule has 3 aromatic carbocycles. The van der Waals surface area contributed by atoms with Gasteiger partial charge in [-0.15, -0.1) is 0 Å². The standard InChI is InChI=1S/C33H40ClN3O6S/c1-23-13-15-28(16-14-23)37(44(40,41)29-17-18-30(42-3)31(20-29)43-4)22-32(38)36(21-25-9-8-10-26(34)19-25)24(2)33(39)35-27-11-6-5-7-12-27/h8-10,13-20,24,27H,5-7,11-12,21-22H2,1-4H3,(H,35,39)/t24-/m0/s1. The maximum atomic E-state index is 14.2. The summed E-state index contributed by atoms with van der Waals surface area (Å²) in [6.45, 7) is 3.08. The van der Waals surface area contributed by atoms with Gasteiger partial charge in [0.05, 0.1) is 24.8 Å². The molecule has 0 aliphatic heterocycles. The van der Waals surface area contributed by atoms with Gasteiger partial charge in [-0.3, -0.25) is 13.9 Å². The Labute approximate surface area is 265 Å². The Kier molecular flexibility index (Phi) is 11.2. The summed E-state index contributed by atoms with van der Waals surface area (Å²) in [6, 6.07) is 17.4. The van der Waals surface area contributed by atoms with Crippen LogP contribution in [0.15, 0.2) is 71.6 Å². The number of nitrogens with one attached hydrogen (secondary N) is 1. The fourth-order valence-corrected chi connectivity index (χ4v) is 6.97. The summed E-state index contributed by atoms with van der Waals surface area (Å²) >= 11 is 6.24. The van der Waals surface area contributed by atoms with E-state index in [4.69, 9.17) is 21.1 Å². The number of methoxy groups -OCH3 is 2. The number of rotatable bonds is 12. The minimum absolute atomic E-state index is 0.0521. The zero-order chi connectivity index (χ0) is 31.9. The highest BCUT2D eigenvalue weighted by Crippen LogP contribution is 2.32. The number of hydrogen-bond donors (Lipinski definition) is 1. The molecule has 11 heteroatoms. The van der Waals surface area contributed by atoms with Crippen LogP contribution in [0.2, 0.25) is 5.02 Å². The second-order valence-corrected chi connectivity index (χ2v) is 13.3. The van der Waals surface area contributed by atoms with Gasteiger partial charge in [0.1, 0.15) is 12.6 Å². The molecule has 1 fully saturated rings. The molecule has 4 rings (SSSR count). The molecule has 1 aliphatic carbocycles. The monoisotopic (exact) mass is 641 g/mol. The Morgan fingerprint density at radius 2 is 1.64 bits per heavy atom. The van der Waals surface area contributed by atoms with E-state index < -0.39 is 28.5 Å². The van der Waals surface area contributed by atoms with Crippen LogP contribution in [0, 0.1) is 6.92 Å². The van der Waals surface area contributed by atoms with Gasteiger partial charge in [0, 0.05) is 23.7 Å². The van der Waals surface area contributed by atoms with E-state index in [0.717, 1.165) is 42.0 Å². The lowest BCUT2D eigenvalue weighted by Crippen LogP contribution is -2.53. The first-order valence-corrected chi connectivity index (χ1v) is 16.5. The Morgan fingerprint density at radius 1 is 0.955 bits per heavy atom. The lowest BCUT2D eigenvalue weighted by atomic mass is 9.95. The topological polar surface area (TPSA) is 105 Å². The summed E-state index contributed by atoms with van der Waals surface area (Å²) in [5.41, 5.74) is 1.95. The van der Waals surface area contributed by atoms with Crippen molar-refractivity contribution in [1.82, 2.24) is 10.2 Å². The molecular formula is C33H40ClN3O6S. The van der Waals surface area contributed by atoms with Crippen LogP contribution in [0.5, 0.6) is 11.5 Å². The summed E-state index contributed by atoms with van der Waals surface area (Å²) in [5.74, 6) is -0.216. The predicted octanol–water partition coefficient (Wildman–Crippen LogP) is 5.73. The van der Waals surface area contributed by atoms with Crippen LogP contribution in [-0.2, 0) is 26.2 Å². The van der Waals surface area contributed by atoms with Crippen molar-refractivity contribution in [3.63, 3.8) is 0 Å². The van der Waals surface area contributed by atoms with Gasteiger partial charge in [0.15, 0.2) is 11.5 Å². The fraction of sp³-hybridized carbons (Fsp3) is 0.394. The number of anilines is 1. The average Bonchev–Trinajstić information content (AvgIpc) is 3.02. The molecule has 9 nitrogen and oxygen atoms in total. The van der Waals surface area contributed by atoms with E-state index in [1.165, 1.54) is 37.3 Å². The Bertz CT molecular complexity index is 1560. The lowest BCUT2D eigenvalue weighted by molar-refractivity contribution is -0.139. The number of hydrogen-bond acceptors (Lipinski definition) is 6. The molecule has 44 heavy (non-hydrogen) atoms. The lowest BCUT2D eigenvalue weighted by Gasteiger charge is -2.33. The van der Waals surface area contributed by atoms with Crippen LogP contribution in [0.3, 0.4) is 0 Å². The molecule has 0 heterocycles. The highest BCUT2D eigenvalue weighted by atomic mass is 35.5. The van der Waals surface area contributed by atoms with Crippen LogP contribution < -0.4 is 19.1 Å². The van der Waals surface area contributed by atoms with Crippen molar-refractivity contribution in [2.45, 2.75) is 69.5 Å². The molecule has 1 atom stereocenters. The van der Waals surface area contributed by atoms with Crippen LogP contribution in [-0.4, -0.2) is 58.0 Å². The third kappa shape index (κ3) is 8.04. The largest absolute Gasteiger partial charge is 0.493 e. The molecule has 2 amide bonds. The van der Waals surface area contributed by atoms with Gasteiger partial charge >= 0.3 is 0 Å². The maximum Gasteiger partial charge on any atom is 0.264 e. The van der Waals surface area contributed by atoms with Crippen molar-refractivity contribution >= 4 is 39.1 Å². The van der Waals surface area contributed by atoms with E-state index in [1.54, 1.807) is 49.4 Å². The number of amides is 2. The van der Waals surface area contributed by atoms with E-state index in [-0.39, 0.29) is 29.1 Å². The Balaban J connectivity index is 1.70. The molecule has 1 aliphatic rings. The minimum Gasteiger partial charge on any atom is -0.493 e. The minimum atomic E-state index is -4.27. The molecule has 0 bridgehead atoms. The smallest absolute Gasteiger partial charge is 0.264 e. The number of aryl methyl sites for hydroxylation is 1. The number of carbonyl (C=O) groups excluding carboxylic acids is 2. The normalized spacial score (nSPS) is 14.4. The van der Waals surface area contributed by atoms with Gasteiger partial charge in [0.25, 0.3) is 10.0 Å². The highest BCUT2D eigenvalue weighted by molar-refractivity contribution is 7.92. The van der Waals surface area contributed by atoms with E-state index in [0.29, 0.717) is 22.0 Å². The van der Waals surface area contributed by atoms with E-state index >= 15 is 0 Å². The first-order valence-electron chi connectivity index (χ1n) is 14.7. The number of carbonyl (C=O) groups is 2. The fourth-order valence-electron chi connectivity index (χ4n) is 5.33. The van der Waals surface area contributed by atoms with Crippen LogP contribution in [0.4, 0.5) is 5.69 Å². The van der Waals surface area contributed by atoms with Gasteiger partial charge in [-0.05, 0) is 68.7 Å². The average molecular weight is 642 g/mol. The molecular weight excluding hydrogens is 602 g/mol. The van der Waals surface area contributed by atoms with Gasteiger partial charge in [-0.2, -0.15) is 0 Å². The molecule has 3 aromatic rings. The SMILES string of the molecule is COc1ccc(S(=O)(=O)N(CC(=O)N(Cc2cccc(Cl)c2)[C@@H](C)C(=O)NC2CCCCC2)c2ccc(C)cc2)cc1OC. The van der Waals surface area contributed by atoms with Gasteiger partial charge in [0.2, 0.25) is 11.8 Å². The first-order chi connectivity index (χ1) is 21.0. The number of sulfonamides is 1. The predicted molar refractivity (Wildman–Crippen MR) is 172 cm³/mol. The molecule has 1 N–H and O–H groups in total. The Morgan fingerprint density at radius 3 is 2.27 bits per heavy atom. The number of halogens is 1. The van der Waals surface area contributed by atoms with Crippen molar-refractivity contribution in [3.05, 3.63) is 82.9 Å². The zero-order valence-electron chi connectivity index (χ0n) is 25.6. The maximum absolute atomic E-state index is 14.2. The van der Waals surface area contributed by atoms with Crippen molar-refractivity contribution in [3.8, 4) is 11.5 Å². The van der Waals surface area contributed by atoms with Gasteiger partial charge < -0.3 is 19.7 Å². The second kappa shape index (κ2) is 14.8. The third-order valence-electron chi connectivity index (χ3n) is 7.90. The summed E-state index contributed by atoms with van der Waals surface area (Å²) in [6.07, 6.45) is 5.02. The molecule has 1 saturated carbocycles. The third-order valence-corrected chi connectivity index (χ3v) is 9.91. The van der Waals surface area contributed by atoms with Crippen molar-refractivity contribution in [2.75, 3.05) is 25.1 Å². The molecule has 0 radical (unpaired) electrons.